The molecule has 0 aromatic rings. The van der Waals surface area contributed by atoms with E-state index >= 15 is 0 Å². The maximum absolute atomic E-state index is 9.58. The van der Waals surface area contributed by atoms with Crippen molar-refractivity contribution in [3.8, 4) is 0 Å². The van der Waals surface area contributed by atoms with Crippen LogP contribution in [0.25, 0.3) is 0 Å². The molecule has 0 unspecified atom stereocenters. The van der Waals surface area contributed by atoms with Crippen molar-refractivity contribution in [1.29, 1.82) is 0 Å². The van der Waals surface area contributed by atoms with Gasteiger partial charge in [0.1, 0.15) is 0 Å². The van der Waals surface area contributed by atoms with Crippen molar-refractivity contribution in [3.05, 3.63) is 11.6 Å². The Balaban J connectivity index is 3.64. The minimum absolute atomic E-state index is 0.510. The van der Waals surface area contributed by atoms with Crippen molar-refractivity contribution >= 4 is 0 Å². The molecule has 0 saturated heterocycles. The summed E-state index contributed by atoms with van der Waals surface area (Å²) in [5, 5.41) is 9.58. The number of allylic oxidation sites excluding steroid dienone is 2. The lowest BCUT2D eigenvalue weighted by molar-refractivity contribution is 0.0541. The van der Waals surface area contributed by atoms with Gasteiger partial charge >= 0.3 is 0 Å². The molecule has 0 aliphatic heterocycles. The van der Waals surface area contributed by atoms with Crippen LogP contribution in [0.2, 0.25) is 0 Å². The third kappa shape index (κ3) is 9.62. The molecule has 1 N–H and O–H groups in total. The fraction of sp³-hybridized carbons (Fsp3) is 0.833. The highest BCUT2D eigenvalue weighted by atomic mass is 16.3. The predicted octanol–water partition coefficient (Wildman–Crippen LogP) is 3.53. The topological polar surface area (TPSA) is 20.2 Å². The van der Waals surface area contributed by atoms with Crippen LogP contribution in [0.5, 0.6) is 0 Å². The van der Waals surface area contributed by atoms with E-state index in [-0.39, 0.29) is 0 Å². The average molecular weight is 184 g/mol. The molecule has 78 valence electrons. The Morgan fingerprint density at radius 2 is 1.92 bits per heavy atom. The van der Waals surface area contributed by atoms with E-state index in [1.807, 2.05) is 13.8 Å². The zero-order valence-corrected chi connectivity index (χ0v) is 9.72. The maximum Gasteiger partial charge on any atom is 0.0594 e. The molecule has 0 aromatic carbocycles. The average Bonchev–Trinajstić information content (AvgIpc) is 1.81. The highest BCUT2D eigenvalue weighted by Gasteiger charge is 2.16. The molecule has 0 spiro atoms. The van der Waals surface area contributed by atoms with Gasteiger partial charge in [-0.25, -0.2) is 0 Å². The van der Waals surface area contributed by atoms with E-state index in [0.717, 1.165) is 12.8 Å². The lowest BCUT2D eigenvalue weighted by Gasteiger charge is -2.21. The van der Waals surface area contributed by atoms with E-state index in [1.165, 1.54) is 12.0 Å². The smallest absolute Gasteiger partial charge is 0.0594 e. The summed E-state index contributed by atoms with van der Waals surface area (Å²) in [5.41, 5.74) is 0.875. The Kier molecular flexibility index (Phi) is 5.31. The lowest BCUT2D eigenvalue weighted by Crippen LogP contribution is -2.21. The first-order chi connectivity index (χ1) is 5.81. The normalized spacial score (nSPS) is 14.0. The van der Waals surface area contributed by atoms with Gasteiger partial charge in [-0.2, -0.15) is 0 Å². The van der Waals surface area contributed by atoms with Crippen molar-refractivity contribution in [1.82, 2.24) is 0 Å². The van der Waals surface area contributed by atoms with Gasteiger partial charge in [0.05, 0.1) is 5.60 Å². The van der Waals surface area contributed by atoms with E-state index in [2.05, 4.69) is 26.8 Å². The first kappa shape index (κ1) is 12.7. The number of hydrogen-bond acceptors (Lipinski definition) is 1. The van der Waals surface area contributed by atoms with Crippen LogP contribution in [-0.4, -0.2) is 10.7 Å². The van der Waals surface area contributed by atoms with Crippen molar-refractivity contribution in [2.75, 3.05) is 0 Å². The highest BCUT2D eigenvalue weighted by molar-refractivity contribution is 4.92. The molecule has 0 fully saturated rings. The first-order valence-corrected chi connectivity index (χ1v) is 5.17. The highest BCUT2D eigenvalue weighted by Crippen LogP contribution is 2.19. The summed E-state index contributed by atoms with van der Waals surface area (Å²) in [6.45, 7) is 10.2. The zero-order valence-electron chi connectivity index (χ0n) is 9.72. The molecule has 0 aliphatic rings. The molecule has 0 bridgehead atoms. The van der Waals surface area contributed by atoms with E-state index in [1.54, 1.807) is 0 Å². The standard InChI is InChI=1S/C12H24O/c1-10(2)7-6-8-11(3)9-12(4,5)13/h7,11,13H,6,8-9H2,1-5H3/t11-/m0/s1. The molecule has 1 heteroatoms. The minimum Gasteiger partial charge on any atom is -0.390 e. The summed E-state index contributed by atoms with van der Waals surface area (Å²) in [7, 11) is 0. The number of rotatable bonds is 5. The Hall–Kier alpha value is -0.300. The summed E-state index contributed by atoms with van der Waals surface area (Å²) in [6.07, 6.45) is 5.47. The molecule has 0 heterocycles. The summed E-state index contributed by atoms with van der Waals surface area (Å²) in [4.78, 5) is 0. The molecular formula is C12H24O. The van der Waals surface area contributed by atoms with Gasteiger partial charge in [-0.15, -0.1) is 0 Å². The van der Waals surface area contributed by atoms with Crippen LogP contribution in [0.4, 0.5) is 0 Å². The molecule has 0 radical (unpaired) electrons. The number of hydrogen-bond donors (Lipinski definition) is 1. The Morgan fingerprint density at radius 1 is 1.38 bits per heavy atom. The second-order valence-corrected chi connectivity index (χ2v) is 4.98. The Labute approximate surface area is 82.9 Å². The fourth-order valence-electron chi connectivity index (χ4n) is 1.61. The Bertz CT molecular complexity index is 158. The van der Waals surface area contributed by atoms with Gasteiger partial charge in [-0.3, -0.25) is 0 Å². The fourth-order valence-corrected chi connectivity index (χ4v) is 1.61. The molecule has 1 nitrogen and oxygen atoms in total. The van der Waals surface area contributed by atoms with Crippen molar-refractivity contribution < 1.29 is 5.11 Å². The summed E-state index contributed by atoms with van der Waals surface area (Å²) in [5.74, 6) is 0.607. The zero-order chi connectivity index (χ0) is 10.5. The van der Waals surface area contributed by atoms with Gasteiger partial charge < -0.3 is 5.11 Å². The van der Waals surface area contributed by atoms with Crippen LogP contribution in [0.3, 0.4) is 0 Å². The van der Waals surface area contributed by atoms with Crippen LogP contribution < -0.4 is 0 Å². The Morgan fingerprint density at radius 3 is 2.31 bits per heavy atom. The molecule has 1 atom stereocenters. The van der Waals surface area contributed by atoms with Gasteiger partial charge in [0, 0.05) is 0 Å². The van der Waals surface area contributed by atoms with Crippen LogP contribution >= 0.6 is 0 Å². The lowest BCUT2D eigenvalue weighted by atomic mass is 9.91. The van der Waals surface area contributed by atoms with Crippen molar-refractivity contribution in [2.45, 2.75) is 59.5 Å². The van der Waals surface area contributed by atoms with Crippen LogP contribution in [-0.2, 0) is 0 Å². The number of aliphatic hydroxyl groups is 1. The third-order valence-corrected chi connectivity index (χ3v) is 2.06. The first-order valence-electron chi connectivity index (χ1n) is 5.17. The molecule has 0 aromatic heterocycles. The van der Waals surface area contributed by atoms with Gasteiger partial charge in [0.2, 0.25) is 0 Å². The van der Waals surface area contributed by atoms with E-state index in [4.69, 9.17) is 0 Å². The third-order valence-electron chi connectivity index (χ3n) is 2.06. The largest absolute Gasteiger partial charge is 0.390 e. The van der Waals surface area contributed by atoms with Crippen molar-refractivity contribution in [3.63, 3.8) is 0 Å². The minimum atomic E-state index is -0.510. The van der Waals surface area contributed by atoms with Crippen LogP contribution in [0.15, 0.2) is 11.6 Å². The van der Waals surface area contributed by atoms with Crippen LogP contribution in [0, 0.1) is 5.92 Å². The van der Waals surface area contributed by atoms with Crippen LogP contribution in [0.1, 0.15) is 53.9 Å². The molecule has 0 saturated carbocycles. The van der Waals surface area contributed by atoms with E-state index < -0.39 is 5.60 Å². The van der Waals surface area contributed by atoms with E-state index in [9.17, 15) is 5.11 Å². The molecule has 0 amide bonds. The van der Waals surface area contributed by atoms with Gasteiger partial charge in [0.15, 0.2) is 0 Å². The predicted molar refractivity (Wildman–Crippen MR) is 58.7 cm³/mol. The maximum atomic E-state index is 9.58. The second kappa shape index (κ2) is 5.43. The molecule has 13 heavy (non-hydrogen) atoms. The quantitative estimate of drug-likeness (QED) is 0.648. The van der Waals surface area contributed by atoms with Gasteiger partial charge in [-0.1, -0.05) is 18.6 Å². The summed E-state index contributed by atoms with van der Waals surface area (Å²) < 4.78 is 0. The molecule has 0 rings (SSSR count). The molecule has 0 aliphatic carbocycles. The van der Waals surface area contributed by atoms with Gasteiger partial charge in [0.25, 0.3) is 0 Å². The summed E-state index contributed by atoms with van der Waals surface area (Å²) >= 11 is 0. The SMILES string of the molecule is CC(C)=CCC[C@H](C)CC(C)(C)O. The summed E-state index contributed by atoms with van der Waals surface area (Å²) in [6, 6.07) is 0. The van der Waals surface area contributed by atoms with Crippen molar-refractivity contribution in [2.24, 2.45) is 5.92 Å². The van der Waals surface area contributed by atoms with Gasteiger partial charge in [-0.05, 0) is 52.9 Å². The second-order valence-electron chi connectivity index (χ2n) is 4.98. The molecular weight excluding hydrogens is 160 g/mol. The van der Waals surface area contributed by atoms with E-state index in [0.29, 0.717) is 5.92 Å². The monoisotopic (exact) mass is 184 g/mol.